The molecule has 0 saturated heterocycles. The molecule has 136 valence electrons. The Kier molecular flexibility index (Phi) is 5.41. The van der Waals surface area contributed by atoms with Crippen LogP contribution in [-0.4, -0.2) is 33.9 Å². The van der Waals surface area contributed by atoms with Gasteiger partial charge in [0.2, 0.25) is 0 Å². The van der Waals surface area contributed by atoms with Crippen molar-refractivity contribution in [2.45, 2.75) is 0 Å². The highest BCUT2D eigenvalue weighted by Crippen LogP contribution is 2.17. The van der Waals surface area contributed by atoms with Crippen molar-refractivity contribution in [1.82, 2.24) is 14.9 Å². The molecule has 1 aromatic carbocycles. The van der Waals surface area contributed by atoms with Gasteiger partial charge in [0.05, 0.1) is 5.52 Å². The molecule has 0 radical (unpaired) electrons. The van der Waals surface area contributed by atoms with Crippen LogP contribution in [0.4, 0.5) is 0 Å². The zero-order valence-corrected chi connectivity index (χ0v) is 14.6. The molecule has 3 rings (SSSR count). The second-order valence-electron chi connectivity index (χ2n) is 5.75. The largest absolute Gasteiger partial charge is 0.452 e. The standard InChI is InChI=1S/C20H17N3O4/c1-23-12-4-8-16(23)20(26)22-17(24)13-27-18(25)10-9-15-6-2-5-14-7-3-11-21-19(14)15/h2-12H,13H2,1H3,(H,22,24,26)/b10-9+. The Bertz CT molecular complexity index is 1030. The fourth-order valence-corrected chi connectivity index (χ4v) is 2.53. The first kappa shape index (κ1) is 18.1. The van der Waals surface area contributed by atoms with E-state index in [0.717, 1.165) is 16.5 Å². The summed E-state index contributed by atoms with van der Waals surface area (Å²) in [5.74, 6) is -1.94. The molecule has 0 aliphatic carbocycles. The summed E-state index contributed by atoms with van der Waals surface area (Å²) in [5, 5.41) is 3.12. The maximum absolute atomic E-state index is 11.9. The zero-order valence-electron chi connectivity index (χ0n) is 14.6. The number of ether oxygens (including phenoxy) is 1. The molecular weight excluding hydrogens is 346 g/mol. The van der Waals surface area contributed by atoms with Gasteiger partial charge in [-0.05, 0) is 24.3 Å². The highest BCUT2D eigenvalue weighted by atomic mass is 16.5. The molecule has 0 bridgehead atoms. The van der Waals surface area contributed by atoms with Gasteiger partial charge < -0.3 is 9.30 Å². The third-order valence-electron chi connectivity index (χ3n) is 3.84. The number of amides is 2. The third-order valence-corrected chi connectivity index (χ3v) is 3.84. The molecular formula is C20H17N3O4. The van der Waals surface area contributed by atoms with E-state index in [1.165, 1.54) is 6.08 Å². The van der Waals surface area contributed by atoms with E-state index in [1.54, 1.807) is 42.2 Å². The number of para-hydroxylation sites is 1. The number of esters is 1. The first-order valence-corrected chi connectivity index (χ1v) is 8.18. The summed E-state index contributed by atoms with van der Waals surface area (Å²) >= 11 is 0. The van der Waals surface area contributed by atoms with E-state index in [2.05, 4.69) is 10.3 Å². The first-order chi connectivity index (χ1) is 13.0. The highest BCUT2D eigenvalue weighted by Gasteiger charge is 2.13. The van der Waals surface area contributed by atoms with Crippen LogP contribution in [0, 0.1) is 0 Å². The smallest absolute Gasteiger partial charge is 0.331 e. The maximum atomic E-state index is 11.9. The molecule has 0 aliphatic heterocycles. The van der Waals surface area contributed by atoms with Crippen LogP contribution in [0.3, 0.4) is 0 Å². The van der Waals surface area contributed by atoms with Crippen LogP contribution < -0.4 is 5.32 Å². The van der Waals surface area contributed by atoms with Crippen LogP contribution >= 0.6 is 0 Å². The Morgan fingerprint density at radius 2 is 1.96 bits per heavy atom. The van der Waals surface area contributed by atoms with Gasteiger partial charge in [0.15, 0.2) is 6.61 Å². The van der Waals surface area contributed by atoms with Crippen LogP contribution in [0.15, 0.2) is 60.9 Å². The van der Waals surface area contributed by atoms with Gasteiger partial charge in [-0.2, -0.15) is 0 Å². The molecule has 0 fully saturated rings. The number of imide groups is 1. The summed E-state index contributed by atoms with van der Waals surface area (Å²) in [6.45, 7) is -0.548. The maximum Gasteiger partial charge on any atom is 0.331 e. The van der Waals surface area contributed by atoms with Gasteiger partial charge in [-0.25, -0.2) is 4.79 Å². The van der Waals surface area contributed by atoms with E-state index < -0.39 is 24.4 Å². The number of aryl methyl sites for hydroxylation is 1. The summed E-state index contributed by atoms with van der Waals surface area (Å²) in [7, 11) is 1.69. The molecule has 2 heterocycles. The molecule has 1 N–H and O–H groups in total. The lowest BCUT2D eigenvalue weighted by atomic mass is 10.1. The van der Waals surface area contributed by atoms with Gasteiger partial charge in [-0.15, -0.1) is 0 Å². The molecule has 7 heteroatoms. The fraction of sp³-hybridized carbons (Fsp3) is 0.100. The number of carbonyl (C=O) groups is 3. The van der Waals surface area contributed by atoms with Gasteiger partial charge in [0, 0.05) is 36.5 Å². The zero-order chi connectivity index (χ0) is 19.2. The quantitative estimate of drug-likeness (QED) is 0.554. The van der Waals surface area contributed by atoms with Crippen LogP contribution in [0.25, 0.3) is 17.0 Å². The Labute approximate surface area is 155 Å². The van der Waals surface area contributed by atoms with Crippen molar-refractivity contribution in [3.05, 3.63) is 72.2 Å². The van der Waals surface area contributed by atoms with Gasteiger partial charge >= 0.3 is 5.97 Å². The number of nitrogens with zero attached hydrogens (tertiary/aromatic N) is 2. The average molecular weight is 363 g/mol. The minimum Gasteiger partial charge on any atom is -0.452 e. The fourth-order valence-electron chi connectivity index (χ4n) is 2.53. The van der Waals surface area contributed by atoms with Crippen molar-refractivity contribution in [2.75, 3.05) is 6.61 Å². The van der Waals surface area contributed by atoms with Crippen LogP contribution in [0.2, 0.25) is 0 Å². The molecule has 7 nitrogen and oxygen atoms in total. The Balaban J connectivity index is 1.55. The van der Waals surface area contributed by atoms with Gasteiger partial charge in [0.25, 0.3) is 11.8 Å². The highest BCUT2D eigenvalue weighted by molar-refractivity contribution is 6.04. The molecule has 3 aromatic rings. The molecule has 0 saturated carbocycles. The van der Waals surface area contributed by atoms with Crippen molar-refractivity contribution in [2.24, 2.45) is 7.05 Å². The molecule has 0 aliphatic rings. The minimum atomic E-state index is -0.699. The van der Waals surface area contributed by atoms with E-state index in [-0.39, 0.29) is 0 Å². The van der Waals surface area contributed by atoms with Crippen LogP contribution in [-0.2, 0) is 21.4 Å². The first-order valence-electron chi connectivity index (χ1n) is 8.18. The monoisotopic (exact) mass is 363 g/mol. The number of fused-ring (bicyclic) bond motifs is 1. The number of carbonyl (C=O) groups excluding carboxylic acids is 3. The van der Waals surface area contributed by atoms with Crippen molar-refractivity contribution < 1.29 is 19.1 Å². The Morgan fingerprint density at radius 3 is 2.74 bits per heavy atom. The second-order valence-corrected chi connectivity index (χ2v) is 5.75. The lowest BCUT2D eigenvalue weighted by Crippen LogP contribution is -2.34. The number of pyridine rings is 1. The predicted octanol–water partition coefficient (Wildman–Crippen LogP) is 2.09. The third kappa shape index (κ3) is 4.46. The summed E-state index contributed by atoms with van der Waals surface area (Å²) in [6.07, 6.45) is 6.15. The number of rotatable bonds is 5. The number of hydrogen-bond acceptors (Lipinski definition) is 5. The van der Waals surface area contributed by atoms with Crippen molar-refractivity contribution in [3.63, 3.8) is 0 Å². The van der Waals surface area contributed by atoms with Crippen LogP contribution in [0.5, 0.6) is 0 Å². The number of benzene rings is 1. The summed E-state index contributed by atoms with van der Waals surface area (Å²) in [4.78, 5) is 39.8. The Morgan fingerprint density at radius 1 is 1.15 bits per heavy atom. The van der Waals surface area contributed by atoms with Crippen molar-refractivity contribution in [1.29, 1.82) is 0 Å². The summed E-state index contributed by atoms with van der Waals surface area (Å²) < 4.78 is 6.45. The van der Waals surface area contributed by atoms with E-state index in [1.807, 2.05) is 30.3 Å². The molecule has 0 unspecified atom stereocenters. The SMILES string of the molecule is Cn1cccc1C(=O)NC(=O)COC(=O)/C=C/c1cccc2cccnc12. The van der Waals surface area contributed by atoms with Gasteiger partial charge in [-0.1, -0.05) is 24.3 Å². The molecule has 0 atom stereocenters. The lowest BCUT2D eigenvalue weighted by molar-refractivity contribution is -0.143. The number of nitrogens with one attached hydrogen (secondary N) is 1. The van der Waals surface area contributed by atoms with E-state index in [4.69, 9.17) is 4.74 Å². The molecule has 0 spiro atoms. The van der Waals surface area contributed by atoms with Crippen molar-refractivity contribution in [3.8, 4) is 0 Å². The topological polar surface area (TPSA) is 90.3 Å². The van der Waals surface area contributed by atoms with Gasteiger partial charge in [0.1, 0.15) is 5.69 Å². The van der Waals surface area contributed by atoms with E-state index >= 15 is 0 Å². The molecule has 27 heavy (non-hydrogen) atoms. The lowest BCUT2D eigenvalue weighted by Gasteiger charge is -2.05. The van der Waals surface area contributed by atoms with E-state index in [0.29, 0.717) is 5.69 Å². The predicted molar refractivity (Wildman–Crippen MR) is 99.6 cm³/mol. The Hall–Kier alpha value is -3.74. The number of aromatic nitrogens is 2. The van der Waals surface area contributed by atoms with Gasteiger partial charge in [-0.3, -0.25) is 19.9 Å². The normalized spacial score (nSPS) is 10.9. The van der Waals surface area contributed by atoms with E-state index in [9.17, 15) is 14.4 Å². The van der Waals surface area contributed by atoms with Crippen molar-refractivity contribution >= 4 is 34.8 Å². The summed E-state index contributed by atoms with van der Waals surface area (Å²) in [6, 6.07) is 12.6. The van der Waals surface area contributed by atoms with Crippen LogP contribution in [0.1, 0.15) is 16.1 Å². The molecule has 2 aromatic heterocycles. The number of hydrogen-bond donors (Lipinski definition) is 1. The second kappa shape index (κ2) is 8.09. The summed E-state index contributed by atoms with van der Waals surface area (Å²) in [5.41, 5.74) is 1.85. The average Bonchev–Trinajstić information content (AvgIpc) is 3.10. The minimum absolute atomic E-state index is 0.332. The molecule has 2 amide bonds.